The molecule has 0 amide bonds. The van der Waals surface area contributed by atoms with E-state index in [1.54, 1.807) is 0 Å². The van der Waals surface area contributed by atoms with E-state index >= 15 is 0 Å². The number of nitrogens with one attached hydrogen (secondary N) is 2. The monoisotopic (exact) mass is 321 g/mol. The van der Waals surface area contributed by atoms with E-state index in [0.717, 1.165) is 6.42 Å². The first-order valence-corrected chi connectivity index (χ1v) is 7.22. The Balaban J connectivity index is 2.29. The molecule has 22 heavy (non-hydrogen) atoms. The summed E-state index contributed by atoms with van der Waals surface area (Å²) in [4.78, 5) is 27.7. The van der Waals surface area contributed by atoms with Crippen molar-refractivity contribution in [1.29, 1.82) is 0 Å². The number of halogens is 2. The van der Waals surface area contributed by atoms with Gasteiger partial charge in [0.15, 0.2) is 0 Å². The minimum Gasteiger partial charge on any atom is -0.342 e. The highest BCUT2D eigenvalue weighted by atomic mass is 35.5. The molecule has 0 radical (unpaired) electrons. The number of benzene rings is 1. The molecular weight excluding hydrogens is 309 g/mol. The van der Waals surface area contributed by atoms with Gasteiger partial charge >= 0.3 is 0 Å². The van der Waals surface area contributed by atoms with Crippen LogP contribution in [-0.4, -0.2) is 14.8 Å². The highest BCUT2D eigenvalue weighted by molar-refractivity contribution is 6.31. The van der Waals surface area contributed by atoms with Gasteiger partial charge in [0, 0.05) is 5.69 Å². The molecule has 5 nitrogen and oxygen atoms in total. The van der Waals surface area contributed by atoms with Gasteiger partial charge in [0.05, 0.1) is 5.69 Å². The Morgan fingerprint density at radius 2 is 1.91 bits per heavy atom. The number of nitrogens with zero attached hydrogens (tertiary/aromatic N) is 1. The molecule has 0 aliphatic heterocycles. The second kappa shape index (κ2) is 5.46. The van der Waals surface area contributed by atoms with E-state index in [-0.39, 0.29) is 10.4 Å². The van der Waals surface area contributed by atoms with Gasteiger partial charge in [0.1, 0.15) is 21.9 Å². The molecule has 0 unspecified atom stereocenters. The van der Waals surface area contributed by atoms with Crippen LogP contribution in [0.15, 0.2) is 33.9 Å². The van der Waals surface area contributed by atoms with Gasteiger partial charge in [-0.3, -0.25) is 14.7 Å². The van der Waals surface area contributed by atoms with Gasteiger partial charge in [-0.25, -0.2) is 9.07 Å². The zero-order valence-electron chi connectivity index (χ0n) is 11.7. The summed E-state index contributed by atoms with van der Waals surface area (Å²) >= 11 is 6.04. The van der Waals surface area contributed by atoms with Gasteiger partial charge < -0.3 is 4.98 Å². The largest absolute Gasteiger partial charge is 0.342 e. The fraction of sp³-hybridized carbons (Fsp3) is 0.200. The zero-order chi connectivity index (χ0) is 15.9. The quantitative estimate of drug-likeness (QED) is 0.778. The molecule has 0 bridgehead atoms. The summed E-state index contributed by atoms with van der Waals surface area (Å²) < 4.78 is 14.2. The number of hydrogen-bond donors (Lipinski definition) is 2. The molecule has 2 aromatic heterocycles. The molecule has 114 valence electrons. The molecule has 0 spiro atoms. The Morgan fingerprint density at radius 3 is 2.55 bits per heavy atom. The third-order valence-electron chi connectivity index (χ3n) is 3.44. The van der Waals surface area contributed by atoms with Crippen molar-refractivity contribution < 1.29 is 4.39 Å². The van der Waals surface area contributed by atoms with Crippen molar-refractivity contribution in [2.75, 3.05) is 0 Å². The van der Waals surface area contributed by atoms with Gasteiger partial charge in [-0.1, -0.05) is 24.9 Å². The van der Waals surface area contributed by atoms with E-state index in [9.17, 15) is 14.0 Å². The maximum absolute atomic E-state index is 13.0. The average Bonchev–Trinajstić information content (AvgIpc) is 2.82. The van der Waals surface area contributed by atoms with Crippen LogP contribution in [0.3, 0.4) is 0 Å². The normalized spacial score (nSPS) is 11.2. The van der Waals surface area contributed by atoms with Crippen LogP contribution >= 0.6 is 11.6 Å². The Labute approximate surface area is 129 Å². The number of aryl methyl sites for hydroxylation is 1. The maximum Gasteiger partial charge on any atom is 0.284 e. The first-order chi connectivity index (χ1) is 10.5. The minimum atomic E-state index is -0.521. The Hall–Kier alpha value is -2.34. The van der Waals surface area contributed by atoms with E-state index in [1.165, 1.54) is 28.9 Å². The van der Waals surface area contributed by atoms with Crippen molar-refractivity contribution in [3.8, 4) is 5.69 Å². The van der Waals surface area contributed by atoms with Crippen LogP contribution in [0.25, 0.3) is 16.7 Å². The fourth-order valence-corrected chi connectivity index (χ4v) is 2.62. The van der Waals surface area contributed by atoms with Crippen molar-refractivity contribution in [2.24, 2.45) is 0 Å². The first kappa shape index (κ1) is 14.6. The Bertz CT molecular complexity index is 954. The summed E-state index contributed by atoms with van der Waals surface area (Å²) in [6.45, 7) is 1.96. The van der Waals surface area contributed by atoms with Crippen LogP contribution in [0, 0.1) is 5.82 Å². The first-order valence-electron chi connectivity index (χ1n) is 6.84. The minimum absolute atomic E-state index is 0.0332. The molecular formula is C15H13ClFN3O2. The van der Waals surface area contributed by atoms with Crippen molar-refractivity contribution >= 4 is 22.6 Å². The van der Waals surface area contributed by atoms with Crippen LogP contribution in [-0.2, 0) is 6.42 Å². The number of aromatic nitrogens is 3. The number of fused-ring (bicyclic) bond motifs is 1. The second-order valence-electron chi connectivity index (χ2n) is 4.98. The lowest BCUT2D eigenvalue weighted by Crippen LogP contribution is -2.19. The molecule has 3 aromatic rings. The summed E-state index contributed by atoms with van der Waals surface area (Å²) in [5.74, 6) is -0.405. The molecule has 2 N–H and O–H groups in total. The molecule has 0 aliphatic carbocycles. The number of H-pyrrole nitrogens is 2. The van der Waals surface area contributed by atoms with E-state index in [1.807, 2.05) is 6.92 Å². The smallest absolute Gasteiger partial charge is 0.284 e. The van der Waals surface area contributed by atoms with Gasteiger partial charge in [-0.05, 0) is 30.7 Å². The number of aromatic amines is 2. The standard InChI is InChI=1S/C15H13ClFN3O2/c1-2-3-10-12(16)13(21)11-14(18-10)19-20(15(11)22)9-6-4-8(17)5-7-9/h4-7H,2-3H2,1H3,(H2,18,19,21). The molecule has 7 heteroatoms. The summed E-state index contributed by atoms with van der Waals surface area (Å²) in [6, 6.07) is 5.38. The van der Waals surface area contributed by atoms with Gasteiger partial charge in [0.25, 0.3) is 5.56 Å². The predicted molar refractivity (Wildman–Crippen MR) is 83.5 cm³/mol. The van der Waals surface area contributed by atoms with Crippen molar-refractivity contribution in [1.82, 2.24) is 14.8 Å². The topological polar surface area (TPSA) is 70.7 Å². The van der Waals surface area contributed by atoms with Crippen LogP contribution in [0.4, 0.5) is 4.39 Å². The highest BCUT2D eigenvalue weighted by Gasteiger charge is 2.17. The number of rotatable bonds is 3. The van der Waals surface area contributed by atoms with E-state index in [4.69, 9.17) is 11.6 Å². The highest BCUT2D eigenvalue weighted by Crippen LogP contribution is 2.15. The molecule has 0 saturated carbocycles. The third-order valence-corrected chi connectivity index (χ3v) is 3.84. The van der Waals surface area contributed by atoms with Gasteiger partial charge in [-0.15, -0.1) is 0 Å². The lowest BCUT2D eigenvalue weighted by atomic mass is 10.2. The van der Waals surface area contributed by atoms with E-state index < -0.39 is 16.8 Å². The van der Waals surface area contributed by atoms with Crippen molar-refractivity contribution in [3.63, 3.8) is 0 Å². The van der Waals surface area contributed by atoms with E-state index in [2.05, 4.69) is 10.1 Å². The molecule has 1 aromatic carbocycles. The third kappa shape index (κ3) is 2.25. The molecule has 3 rings (SSSR count). The molecule has 0 aliphatic rings. The Morgan fingerprint density at radius 1 is 1.23 bits per heavy atom. The van der Waals surface area contributed by atoms with Crippen LogP contribution in [0.1, 0.15) is 19.0 Å². The molecule has 0 saturated heterocycles. The SMILES string of the molecule is CCCc1[nH]c2[nH]n(-c3ccc(F)cc3)c(=O)c2c(=O)c1Cl. The van der Waals surface area contributed by atoms with Crippen molar-refractivity contribution in [3.05, 3.63) is 61.4 Å². The Kier molecular flexibility index (Phi) is 3.62. The number of hydrogen-bond acceptors (Lipinski definition) is 2. The second-order valence-corrected chi connectivity index (χ2v) is 5.35. The summed E-state index contributed by atoms with van der Waals surface area (Å²) in [6.07, 6.45) is 1.41. The maximum atomic E-state index is 13.0. The summed E-state index contributed by atoms with van der Waals surface area (Å²) in [7, 11) is 0. The van der Waals surface area contributed by atoms with Gasteiger partial charge in [-0.2, -0.15) is 0 Å². The summed E-state index contributed by atoms with van der Waals surface area (Å²) in [5.41, 5.74) is 0.318. The summed E-state index contributed by atoms with van der Waals surface area (Å²) in [5, 5.41) is 2.84. The molecule has 2 heterocycles. The fourth-order valence-electron chi connectivity index (χ4n) is 2.39. The van der Waals surface area contributed by atoms with Gasteiger partial charge in [0.2, 0.25) is 5.43 Å². The van der Waals surface area contributed by atoms with Crippen LogP contribution < -0.4 is 11.0 Å². The number of pyridine rings is 1. The zero-order valence-corrected chi connectivity index (χ0v) is 12.5. The van der Waals surface area contributed by atoms with E-state index in [0.29, 0.717) is 23.4 Å². The van der Waals surface area contributed by atoms with Crippen molar-refractivity contribution in [2.45, 2.75) is 19.8 Å². The average molecular weight is 322 g/mol. The van der Waals surface area contributed by atoms with Crippen LogP contribution in [0.5, 0.6) is 0 Å². The van der Waals surface area contributed by atoms with Crippen LogP contribution in [0.2, 0.25) is 5.02 Å². The molecule has 0 fully saturated rings. The lowest BCUT2D eigenvalue weighted by molar-refractivity contribution is 0.627. The predicted octanol–water partition coefficient (Wildman–Crippen LogP) is 2.75. The lowest BCUT2D eigenvalue weighted by Gasteiger charge is -2.02. The molecule has 0 atom stereocenters.